The van der Waals surface area contributed by atoms with Crippen LogP contribution in [0.1, 0.15) is 25.1 Å². The van der Waals surface area contributed by atoms with Crippen molar-refractivity contribution >= 4 is 5.69 Å². The molecule has 5 nitrogen and oxygen atoms in total. The fourth-order valence-electron chi connectivity index (χ4n) is 2.94. The van der Waals surface area contributed by atoms with Gasteiger partial charge in [0.2, 0.25) is 0 Å². The highest BCUT2D eigenvalue weighted by Gasteiger charge is 2.25. The molecule has 1 fully saturated rings. The molecule has 2 atom stereocenters. The first-order valence-electron chi connectivity index (χ1n) is 7.22. The van der Waals surface area contributed by atoms with Gasteiger partial charge in [0.1, 0.15) is 5.82 Å². The molecule has 5 heteroatoms. The summed E-state index contributed by atoms with van der Waals surface area (Å²) in [5.41, 5.74) is 7.99. The third-order valence-electron chi connectivity index (χ3n) is 4.03. The summed E-state index contributed by atoms with van der Waals surface area (Å²) in [5, 5.41) is 10.7. The number of nitrogens with one attached hydrogen (secondary N) is 2. The van der Waals surface area contributed by atoms with Crippen LogP contribution in [0.5, 0.6) is 0 Å². The number of anilines is 1. The molecule has 20 heavy (non-hydrogen) atoms. The van der Waals surface area contributed by atoms with Crippen molar-refractivity contribution in [1.82, 2.24) is 15.2 Å². The van der Waals surface area contributed by atoms with Gasteiger partial charge in [0.25, 0.3) is 0 Å². The Morgan fingerprint density at radius 1 is 1.40 bits per heavy atom. The number of aromatic amines is 1. The van der Waals surface area contributed by atoms with Gasteiger partial charge in [-0.1, -0.05) is 18.6 Å². The van der Waals surface area contributed by atoms with E-state index in [4.69, 9.17) is 5.73 Å². The lowest BCUT2D eigenvalue weighted by Crippen LogP contribution is -2.29. The maximum absolute atomic E-state index is 5.84. The Balaban J connectivity index is 1.77. The molecule has 0 amide bonds. The highest BCUT2D eigenvalue weighted by Crippen LogP contribution is 2.28. The molecule has 1 saturated carbocycles. The topological polar surface area (TPSA) is 79.6 Å². The number of H-pyrrole nitrogens is 1. The van der Waals surface area contributed by atoms with E-state index in [1.807, 2.05) is 19.1 Å². The molecule has 0 aliphatic heterocycles. The molecule has 1 aliphatic rings. The van der Waals surface area contributed by atoms with Gasteiger partial charge in [-0.05, 0) is 44.4 Å². The second-order valence-corrected chi connectivity index (χ2v) is 5.50. The smallest absolute Gasteiger partial charge is 0.181 e. The summed E-state index contributed by atoms with van der Waals surface area (Å²) in [6, 6.07) is 8.76. The molecule has 3 rings (SSSR count). The summed E-state index contributed by atoms with van der Waals surface area (Å²) < 4.78 is 0. The van der Waals surface area contributed by atoms with Gasteiger partial charge in [-0.15, -0.1) is 0 Å². The molecule has 4 N–H and O–H groups in total. The molecule has 0 radical (unpaired) electrons. The molecule has 0 saturated heterocycles. The largest absolute Gasteiger partial charge is 0.382 e. The van der Waals surface area contributed by atoms with Crippen molar-refractivity contribution in [2.24, 2.45) is 11.7 Å². The molecule has 1 heterocycles. The third kappa shape index (κ3) is 2.67. The quantitative estimate of drug-likeness (QED) is 0.797. The van der Waals surface area contributed by atoms with Crippen LogP contribution in [0, 0.1) is 12.8 Å². The van der Waals surface area contributed by atoms with Gasteiger partial charge in [-0.25, -0.2) is 4.98 Å². The summed E-state index contributed by atoms with van der Waals surface area (Å²) in [4.78, 5) is 4.37. The van der Waals surface area contributed by atoms with E-state index in [1.165, 1.54) is 19.3 Å². The number of aromatic nitrogens is 3. The summed E-state index contributed by atoms with van der Waals surface area (Å²) in [6.07, 6.45) is 3.69. The normalized spacial score (nSPS) is 22.1. The van der Waals surface area contributed by atoms with Crippen LogP contribution in [-0.2, 0) is 0 Å². The molecule has 106 valence electrons. The van der Waals surface area contributed by atoms with Gasteiger partial charge in [0, 0.05) is 17.3 Å². The van der Waals surface area contributed by atoms with E-state index in [1.54, 1.807) is 0 Å². The van der Waals surface area contributed by atoms with Crippen molar-refractivity contribution in [2.75, 3.05) is 11.9 Å². The predicted octanol–water partition coefficient (Wildman–Crippen LogP) is 2.32. The number of nitrogens with zero attached hydrogens (tertiary/aromatic N) is 2. The minimum absolute atomic E-state index is 0.490. The summed E-state index contributed by atoms with van der Waals surface area (Å²) in [7, 11) is 0. The highest BCUT2D eigenvalue weighted by molar-refractivity contribution is 5.62. The number of hydrogen-bond donors (Lipinski definition) is 3. The zero-order valence-electron chi connectivity index (χ0n) is 11.8. The maximum atomic E-state index is 5.84. The zero-order valence-corrected chi connectivity index (χ0v) is 11.8. The van der Waals surface area contributed by atoms with Crippen molar-refractivity contribution in [2.45, 2.75) is 32.2 Å². The van der Waals surface area contributed by atoms with Crippen LogP contribution in [0.4, 0.5) is 5.69 Å². The molecule has 0 bridgehead atoms. The van der Waals surface area contributed by atoms with Crippen molar-refractivity contribution in [3.8, 4) is 11.4 Å². The van der Waals surface area contributed by atoms with Crippen LogP contribution in [0.25, 0.3) is 11.4 Å². The van der Waals surface area contributed by atoms with Crippen molar-refractivity contribution in [3.05, 3.63) is 30.1 Å². The van der Waals surface area contributed by atoms with Crippen LogP contribution in [0.3, 0.4) is 0 Å². The minimum atomic E-state index is 0.490. The van der Waals surface area contributed by atoms with E-state index < -0.39 is 0 Å². The van der Waals surface area contributed by atoms with E-state index in [0.717, 1.165) is 29.4 Å². The van der Waals surface area contributed by atoms with Crippen LogP contribution >= 0.6 is 0 Å². The minimum Gasteiger partial charge on any atom is -0.382 e. The summed E-state index contributed by atoms with van der Waals surface area (Å²) in [5.74, 6) is 2.16. The second-order valence-electron chi connectivity index (χ2n) is 5.50. The van der Waals surface area contributed by atoms with Crippen LogP contribution in [0.15, 0.2) is 24.3 Å². The van der Waals surface area contributed by atoms with E-state index in [2.05, 4.69) is 32.6 Å². The fraction of sp³-hybridized carbons (Fsp3) is 0.467. The van der Waals surface area contributed by atoms with E-state index in [-0.39, 0.29) is 0 Å². The van der Waals surface area contributed by atoms with E-state index >= 15 is 0 Å². The lowest BCUT2D eigenvalue weighted by Gasteiger charge is -2.20. The molecular weight excluding hydrogens is 250 g/mol. The average molecular weight is 271 g/mol. The van der Waals surface area contributed by atoms with Crippen LogP contribution in [0.2, 0.25) is 0 Å². The first kappa shape index (κ1) is 13.1. The van der Waals surface area contributed by atoms with Crippen LogP contribution < -0.4 is 11.1 Å². The van der Waals surface area contributed by atoms with Gasteiger partial charge in [-0.2, -0.15) is 5.10 Å². The number of hydrogen-bond acceptors (Lipinski definition) is 4. The monoisotopic (exact) mass is 271 g/mol. The van der Waals surface area contributed by atoms with Crippen molar-refractivity contribution < 1.29 is 0 Å². The number of benzene rings is 1. The maximum Gasteiger partial charge on any atom is 0.181 e. The SMILES string of the molecule is Cc1nc(-c2cccc(NC3CCCC3CN)c2)n[nH]1. The zero-order chi connectivity index (χ0) is 13.9. The Morgan fingerprint density at radius 3 is 3.05 bits per heavy atom. The predicted molar refractivity (Wildman–Crippen MR) is 80.4 cm³/mol. The van der Waals surface area contributed by atoms with E-state index in [0.29, 0.717) is 12.0 Å². The Bertz CT molecular complexity index is 577. The van der Waals surface area contributed by atoms with Gasteiger partial charge >= 0.3 is 0 Å². The Labute approximate surface area is 119 Å². The van der Waals surface area contributed by atoms with Gasteiger partial charge in [0.15, 0.2) is 5.82 Å². The Morgan fingerprint density at radius 2 is 2.30 bits per heavy atom. The lowest BCUT2D eigenvalue weighted by atomic mass is 10.0. The van der Waals surface area contributed by atoms with Gasteiger partial charge in [-0.3, -0.25) is 5.10 Å². The molecule has 1 aliphatic carbocycles. The Kier molecular flexibility index (Phi) is 3.69. The average Bonchev–Trinajstić information content (AvgIpc) is 3.08. The number of aryl methyl sites for hydroxylation is 1. The first-order chi connectivity index (χ1) is 9.76. The van der Waals surface area contributed by atoms with E-state index in [9.17, 15) is 0 Å². The molecule has 2 unspecified atom stereocenters. The van der Waals surface area contributed by atoms with Gasteiger partial charge in [0.05, 0.1) is 0 Å². The second kappa shape index (κ2) is 5.63. The van der Waals surface area contributed by atoms with Crippen molar-refractivity contribution in [3.63, 3.8) is 0 Å². The molecule has 1 aromatic heterocycles. The van der Waals surface area contributed by atoms with Gasteiger partial charge < -0.3 is 11.1 Å². The first-order valence-corrected chi connectivity index (χ1v) is 7.22. The van der Waals surface area contributed by atoms with Crippen molar-refractivity contribution in [1.29, 1.82) is 0 Å². The number of nitrogens with two attached hydrogens (primary N) is 1. The highest BCUT2D eigenvalue weighted by atomic mass is 15.2. The summed E-state index contributed by atoms with van der Waals surface area (Å²) >= 11 is 0. The number of rotatable bonds is 4. The third-order valence-corrected chi connectivity index (χ3v) is 4.03. The Hall–Kier alpha value is -1.88. The lowest BCUT2D eigenvalue weighted by molar-refractivity contribution is 0.516. The fourth-order valence-corrected chi connectivity index (χ4v) is 2.94. The molecule has 0 spiro atoms. The summed E-state index contributed by atoms with van der Waals surface area (Å²) in [6.45, 7) is 2.67. The standard InChI is InChI=1S/C15H21N5/c1-10-17-15(20-19-10)11-4-2-6-13(8-11)18-14-7-3-5-12(14)9-16/h2,4,6,8,12,14,18H,3,5,7,9,16H2,1H3,(H,17,19,20). The molecule has 1 aromatic carbocycles. The molecule has 2 aromatic rings. The van der Waals surface area contributed by atoms with Crippen LogP contribution in [-0.4, -0.2) is 27.8 Å². The molecular formula is C15H21N5.